The predicted molar refractivity (Wildman–Crippen MR) is 80.2 cm³/mol. The second-order valence-electron chi connectivity index (χ2n) is 6.07. The molecule has 0 bridgehead atoms. The van der Waals surface area contributed by atoms with Gasteiger partial charge in [0.05, 0.1) is 0 Å². The fourth-order valence-corrected chi connectivity index (χ4v) is 3.49. The smallest absolute Gasteiger partial charge is 0.203 e. The van der Waals surface area contributed by atoms with Crippen molar-refractivity contribution in [1.82, 2.24) is 24.5 Å². The molecule has 2 N–H and O–H groups in total. The highest BCUT2D eigenvalue weighted by molar-refractivity contribution is 5.63. The van der Waals surface area contributed by atoms with Gasteiger partial charge in [0.25, 0.3) is 0 Å². The number of hydrogen-bond acceptors (Lipinski definition) is 6. The second-order valence-corrected chi connectivity index (χ2v) is 6.07. The lowest BCUT2D eigenvalue weighted by molar-refractivity contribution is 0.163. The fraction of sp³-hybridized carbons (Fsp3) is 0.643. The molecule has 7 heteroatoms. The summed E-state index contributed by atoms with van der Waals surface area (Å²) in [6, 6.07) is 1.01. The van der Waals surface area contributed by atoms with Gasteiger partial charge in [0.2, 0.25) is 5.65 Å². The minimum atomic E-state index is 0.394. The zero-order chi connectivity index (χ0) is 14.2. The van der Waals surface area contributed by atoms with Gasteiger partial charge in [-0.25, -0.2) is 4.98 Å². The Morgan fingerprint density at radius 3 is 2.86 bits per heavy atom. The molecule has 0 aliphatic carbocycles. The highest BCUT2D eigenvalue weighted by Gasteiger charge is 2.31. The molecular weight excluding hydrogens is 266 g/mol. The van der Waals surface area contributed by atoms with Crippen molar-refractivity contribution >= 4 is 11.5 Å². The summed E-state index contributed by atoms with van der Waals surface area (Å²) >= 11 is 0. The first-order chi connectivity index (χ1) is 10.3. The molecule has 2 aliphatic heterocycles. The molecule has 7 nitrogen and oxygen atoms in total. The van der Waals surface area contributed by atoms with Gasteiger partial charge in [0.1, 0.15) is 6.33 Å². The van der Waals surface area contributed by atoms with Crippen molar-refractivity contribution < 1.29 is 0 Å². The highest BCUT2D eigenvalue weighted by Crippen LogP contribution is 2.25. The van der Waals surface area contributed by atoms with Crippen molar-refractivity contribution in [2.75, 3.05) is 31.1 Å². The van der Waals surface area contributed by atoms with Gasteiger partial charge in [0, 0.05) is 37.6 Å². The van der Waals surface area contributed by atoms with Gasteiger partial charge in [-0.2, -0.15) is 0 Å². The van der Waals surface area contributed by atoms with Crippen LogP contribution in [0.25, 0.3) is 5.65 Å². The SMILES string of the molecule is NC1CCN(C2CCN(c3nccn4cnnc34)C2)CC1. The Labute approximate surface area is 123 Å². The van der Waals surface area contributed by atoms with E-state index in [4.69, 9.17) is 5.73 Å². The number of fused-ring (bicyclic) bond motifs is 1. The van der Waals surface area contributed by atoms with Gasteiger partial charge in [-0.05, 0) is 32.4 Å². The monoisotopic (exact) mass is 287 g/mol. The molecule has 2 fully saturated rings. The molecule has 0 saturated carbocycles. The van der Waals surface area contributed by atoms with E-state index in [2.05, 4.69) is 25.0 Å². The Bertz CT molecular complexity index is 617. The number of piperidine rings is 1. The Kier molecular flexibility index (Phi) is 3.23. The van der Waals surface area contributed by atoms with Gasteiger partial charge in [0.15, 0.2) is 5.82 Å². The maximum absolute atomic E-state index is 6.00. The zero-order valence-corrected chi connectivity index (χ0v) is 12.1. The summed E-state index contributed by atoms with van der Waals surface area (Å²) in [5.74, 6) is 0.950. The summed E-state index contributed by atoms with van der Waals surface area (Å²) in [6.45, 7) is 4.31. The average Bonchev–Trinajstić information content (AvgIpc) is 3.16. The Morgan fingerprint density at radius 2 is 2.00 bits per heavy atom. The van der Waals surface area contributed by atoms with Crippen molar-refractivity contribution in [1.29, 1.82) is 0 Å². The largest absolute Gasteiger partial charge is 0.352 e. The third-order valence-corrected chi connectivity index (χ3v) is 4.75. The molecule has 0 amide bonds. The van der Waals surface area contributed by atoms with E-state index in [1.54, 1.807) is 6.33 Å². The number of likely N-dealkylation sites (tertiary alicyclic amines) is 1. The third-order valence-electron chi connectivity index (χ3n) is 4.75. The fourth-order valence-electron chi connectivity index (χ4n) is 3.49. The van der Waals surface area contributed by atoms with Crippen LogP contribution < -0.4 is 10.6 Å². The lowest BCUT2D eigenvalue weighted by atomic mass is 10.0. The van der Waals surface area contributed by atoms with Crippen LogP contribution in [0.1, 0.15) is 19.3 Å². The minimum Gasteiger partial charge on any atom is -0.352 e. The molecule has 2 aromatic rings. The van der Waals surface area contributed by atoms with Crippen molar-refractivity contribution in [2.24, 2.45) is 5.73 Å². The summed E-state index contributed by atoms with van der Waals surface area (Å²) in [5.41, 5.74) is 6.85. The van der Waals surface area contributed by atoms with Crippen LogP contribution in [-0.4, -0.2) is 62.7 Å². The van der Waals surface area contributed by atoms with Gasteiger partial charge in [-0.1, -0.05) is 0 Å². The molecule has 0 spiro atoms. The lowest BCUT2D eigenvalue weighted by Crippen LogP contribution is -2.46. The Hall–Kier alpha value is -1.73. The van der Waals surface area contributed by atoms with Crippen LogP contribution in [0, 0.1) is 0 Å². The normalized spacial score (nSPS) is 25.0. The van der Waals surface area contributed by atoms with Crippen LogP contribution in [0.2, 0.25) is 0 Å². The van der Waals surface area contributed by atoms with E-state index in [0.29, 0.717) is 12.1 Å². The van der Waals surface area contributed by atoms with E-state index < -0.39 is 0 Å². The highest BCUT2D eigenvalue weighted by atomic mass is 15.3. The van der Waals surface area contributed by atoms with Crippen LogP contribution in [-0.2, 0) is 0 Å². The van der Waals surface area contributed by atoms with E-state index in [0.717, 1.165) is 50.5 Å². The van der Waals surface area contributed by atoms with Crippen molar-refractivity contribution in [3.8, 4) is 0 Å². The molecule has 0 radical (unpaired) electrons. The quantitative estimate of drug-likeness (QED) is 0.846. The van der Waals surface area contributed by atoms with Gasteiger partial charge < -0.3 is 10.6 Å². The molecule has 4 heterocycles. The third kappa shape index (κ3) is 2.36. The topological polar surface area (TPSA) is 75.6 Å². The summed E-state index contributed by atoms with van der Waals surface area (Å²) in [6.07, 6.45) is 8.85. The molecule has 2 aromatic heterocycles. The molecule has 0 aromatic carbocycles. The number of hydrogen-bond donors (Lipinski definition) is 1. The van der Waals surface area contributed by atoms with Gasteiger partial charge >= 0.3 is 0 Å². The molecule has 1 atom stereocenters. The first kappa shape index (κ1) is 13.0. The van der Waals surface area contributed by atoms with Gasteiger partial charge in [-0.15, -0.1) is 10.2 Å². The molecule has 2 aliphatic rings. The van der Waals surface area contributed by atoms with Crippen LogP contribution in [0.3, 0.4) is 0 Å². The molecule has 21 heavy (non-hydrogen) atoms. The van der Waals surface area contributed by atoms with Crippen LogP contribution in [0.15, 0.2) is 18.7 Å². The number of nitrogens with two attached hydrogens (primary N) is 1. The summed E-state index contributed by atoms with van der Waals surface area (Å²) in [4.78, 5) is 9.44. The molecule has 2 saturated heterocycles. The Balaban J connectivity index is 1.50. The standard InChI is InChI=1S/C14H21N7/c15-11-1-5-19(6-2-11)12-3-7-20(9-12)13-14-18-17-10-21(14)8-4-16-13/h4,8,10-12H,1-3,5-7,9,15H2. The van der Waals surface area contributed by atoms with Crippen LogP contribution in [0.5, 0.6) is 0 Å². The summed E-state index contributed by atoms with van der Waals surface area (Å²) < 4.78 is 1.93. The molecular formula is C14H21N7. The zero-order valence-electron chi connectivity index (χ0n) is 12.1. The van der Waals surface area contributed by atoms with E-state index >= 15 is 0 Å². The second kappa shape index (κ2) is 5.23. The van der Waals surface area contributed by atoms with E-state index in [9.17, 15) is 0 Å². The maximum Gasteiger partial charge on any atom is 0.203 e. The summed E-state index contributed by atoms with van der Waals surface area (Å²) in [7, 11) is 0. The number of aromatic nitrogens is 4. The van der Waals surface area contributed by atoms with Crippen LogP contribution in [0.4, 0.5) is 5.82 Å². The molecule has 112 valence electrons. The Morgan fingerprint density at radius 1 is 1.14 bits per heavy atom. The van der Waals surface area contributed by atoms with Crippen molar-refractivity contribution in [3.63, 3.8) is 0 Å². The average molecular weight is 287 g/mol. The maximum atomic E-state index is 6.00. The molecule has 4 rings (SSSR count). The first-order valence-electron chi connectivity index (χ1n) is 7.70. The predicted octanol–water partition coefficient (Wildman–Crippen LogP) is 0.126. The van der Waals surface area contributed by atoms with E-state index in [-0.39, 0.29) is 0 Å². The van der Waals surface area contributed by atoms with Crippen LogP contribution >= 0.6 is 0 Å². The first-order valence-corrected chi connectivity index (χ1v) is 7.70. The molecule has 1 unspecified atom stereocenters. The van der Waals surface area contributed by atoms with E-state index in [1.165, 1.54) is 6.42 Å². The minimum absolute atomic E-state index is 0.394. The van der Waals surface area contributed by atoms with Crippen molar-refractivity contribution in [3.05, 3.63) is 18.7 Å². The number of anilines is 1. The summed E-state index contributed by atoms with van der Waals surface area (Å²) in [5, 5.41) is 8.16. The van der Waals surface area contributed by atoms with Gasteiger partial charge in [-0.3, -0.25) is 9.30 Å². The number of nitrogens with zero attached hydrogens (tertiary/aromatic N) is 6. The number of rotatable bonds is 2. The van der Waals surface area contributed by atoms with Crippen molar-refractivity contribution in [2.45, 2.75) is 31.3 Å². The van der Waals surface area contributed by atoms with E-state index in [1.807, 2.05) is 16.8 Å². The lowest BCUT2D eigenvalue weighted by Gasteiger charge is -2.34.